The summed E-state index contributed by atoms with van der Waals surface area (Å²) in [5.74, 6) is -0.218. The topological polar surface area (TPSA) is 123 Å². The van der Waals surface area contributed by atoms with E-state index in [0.29, 0.717) is 65.0 Å². The summed E-state index contributed by atoms with van der Waals surface area (Å²) in [6, 6.07) is 0. The third-order valence-corrected chi connectivity index (χ3v) is 4.47. The van der Waals surface area contributed by atoms with E-state index in [0.717, 1.165) is 0 Å². The van der Waals surface area contributed by atoms with Crippen LogP contribution in [0, 0.1) is 0 Å². The predicted octanol–water partition coefficient (Wildman–Crippen LogP) is -1.87. The molecule has 0 aromatic heterocycles. The first kappa shape index (κ1) is 25.8. The van der Waals surface area contributed by atoms with Crippen molar-refractivity contribution in [2.45, 2.75) is 25.7 Å². The second kappa shape index (κ2) is 15.8. The van der Waals surface area contributed by atoms with Crippen LogP contribution in [-0.4, -0.2) is 101 Å². The molecule has 0 radical (unpaired) electrons. The Morgan fingerprint density at radius 3 is 0.857 bits per heavy atom. The average molecular weight is 401 g/mol. The van der Waals surface area contributed by atoms with Crippen molar-refractivity contribution in [3.63, 3.8) is 0 Å². The zero-order valence-corrected chi connectivity index (χ0v) is 17.6. The summed E-state index contributed by atoms with van der Waals surface area (Å²) in [5, 5.41) is 10.4. The highest BCUT2D eigenvalue weighted by Crippen LogP contribution is 2.00. The first-order chi connectivity index (χ1) is 13.4. The number of carbonyl (C=O) groups excluding carboxylic acids is 4. The molecule has 4 amide bonds. The fourth-order valence-corrected chi connectivity index (χ4v) is 2.49. The van der Waals surface area contributed by atoms with E-state index < -0.39 is 0 Å². The monoisotopic (exact) mass is 400 g/mol. The normalized spacial score (nSPS) is 10.6. The van der Waals surface area contributed by atoms with Crippen molar-refractivity contribution in [3.05, 3.63) is 0 Å². The number of amides is 4. The predicted molar refractivity (Wildman–Crippen MR) is 108 cm³/mol. The van der Waals surface area contributed by atoms with E-state index in [9.17, 15) is 19.2 Å². The average Bonchev–Trinajstić information content (AvgIpc) is 2.72. The zero-order chi connectivity index (χ0) is 21.4. The van der Waals surface area contributed by atoms with Crippen molar-refractivity contribution < 1.29 is 19.2 Å². The van der Waals surface area contributed by atoms with E-state index in [4.69, 9.17) is 0 Å². The van der Waals surface area contributed by atoms with Gasteiger partial charge in [-0.2, -0.15) is 0 Å². The van der Waals surface area contributed by atoms with E-state index in [1.807, 2.05) is 0 Å². The molecule has 0 aromatic rings. The number of nitrogens with one attached hydrogen (secondary N) is 4. The number of nitrogens with zero attached hydrogens (tertiary/aromatic N) is 2. The van der Waals surface area contributed by atoms with Gasteiger partial charge in [-0.3, -0.25) is 19.2 Å². The van der Waals surface area contributed by atoms with Crippen molar-refractivity contribution >= 4 is 23.6 Å². The van der Waals surface area contributed by atoms with Gasteiger partial charge >= 0.3 is 0 Å². The van der Waals surface area contributed by atoms with Gasteiger partial charge in [-0.15, -0.1) is 0 Å². The molecule has 0 bridgehead atoms. The summed E-state index contributed by atoms with van der Waals surface area (Å²) in [5.41, 5.74) is 0. The van der Waals surface area contributed by atoms with Gasteiger partial charge in [0, 0.05) is 93.1 Å². The Hall–Kier alpha value is -2.20. The lowest BCUT2D eigenvalue weighted by atomic mass is 10.2. The first-order valence-corrected chi connectivity index (χ1v) is 9.63. The molecule has 10 heteroatoms. The third kappa shape index (κ3) is 13.0. The van der Waals surface area contributed by atoms with Gasteiger partial charge < -0.3 is 31.1 Å². The SMILES string of the molecule is CNC(=O)CCN(CCC(=O)NC)CCN(CCC(=O)NC)CCC(=O)NC. The maximum Gasteiger partial charge on any atom is 0.221 e. The van der Waals surface area contributed by atoms with Gasteiger partial charge in [0.25, 0.3) is 0 Å². The fourth-order valence-electron chi connectivity index (χ4n) is 2.49. The Morgan fingerprint density at radius 1 is 0.464 bits per heavy atom. The molecule has 4 N–H and O–H groups in total. The second-order valence-electron chi connectivity index (χ2n) is 6.38. The fraction of sp³-hybridized carbons (Fsp3) is 0.778. The maximum absolute atomic E-state index is 11.6. The highest BCUT2D eigenvalue weighted by Gasteiger charge is 2.14. The lowest BCUT2D eigenvalue weighted by Crippen LogP contribution is -2.40. The van der Waals surface area contributed by atoms with Crippen molar-refractivity contribution in [3.8, 4) is 0 Å². The Kier molecular flexibility index (Phi) is 14.6. The summed E-state index contributed by atoms with van der Waals surface area (Å²) >= 11 is 0. The van der Waals surface area contributed by atoms with Crippen LogP contribution in [0.15, 0.2) is 0 Å². The molecule has 0 fully saturated rings. The van der Waals surface area contributed by atoms with E-state index in [-0.39, 0.29) is 23.6 Å². The molecule has 28 heavy (non-hydrogen) atoms. The van der Waals surface area contributed by atoms with Gasteiger partial charge in [-0.1, -0.05) is 0 Å². The van der Waals surface area contributed by atoms with Crippen LogP contribution in [0.25, 0.3) is 0 Å². The summed E-state index contributed by atoms with van der Waals surface area (Å²) in [4.78, 5) is 50.3. The van der Waals surface area contributed by atoms with Crippen LogP contribution in [0.5, 0.6) is 0 Å². The number of carbonyl (C=O) groups is 4. The molecular weight excluding hydrogens is 364 g/mol. The molecule has 0 atom stereocenters. The van der Waals surface area contributed by atoms with Crippen molar-refractivity contribution in [2.75, 3.05) is 67.5 Å². The van der Waals surface area contributed by atoms with Crippen molar-refractivity contribution in [1.29, 1.82) is 0 Å². The smallest absolute Gasteiger partial charge is 0.221 e. The molecule has 162 valence electrons. The molecule has 0 saturated carbocycles. The molecule has 0 unspecified atom stereocenters. The molecule has 0 aliphatic heterocycles. The second-order valence-corrected chi connectivity index (χ2v) is 6.38. The number of hydrogen-bond acceptors (Lipinski definition) is 6. The van der Waals surface area contributed by atoms with E-state index >= 15 is 0 Å². The summed E-state index contributed by atoms with van der Waals surface area (Å²) in [6.45, 7) is 3.42. The van der Waals surface area contributed by atoms with E-state index in [2.05, 4.69) is 31.1 Å². The maximum atomic E-state index is 11.6. The largest absolute Gasteiger partial charge is 0.359 e. The van der Waals surface area contributed by atoms with Gasteiger partial charge in [-0.25, -0.2) is 0 Å². The van der Waals surface area contributed by atoms with Crippen LogP contribution in [-0.2, 0) is 19.2 Å². The quantitative estimate of drug-likeness (QED) is 0.256. The van der Waals surface area contributed by atoms with Gasteiger partial charge in [0.05, 0.1) is 0 Å². The molecule has 0 spiro atoms. The summed E-state index contributed by atoms with van der Waals surface area (Å²) in [6.07, 6.45) is 1.39. The Morgan fingerprint density at radius 2 is 0.679 bits per heavy atom. The standard InChI is InChI=1S/C18H36N6O4/c1-19-15(25)5-9-23(10-6-16(26)20-2)13-14-24(11-7-17(27)21-3)12-8-18(28)22-4/h5-14H2,1-4H3,(H,19,25)(H,20,26)(H,21,27)(H,22,28). The Bertz CT molecular complexity index is 416. The van der Waals surface area contributed by atoms with Crippen LogP contribution < -0.4 is 21.3 Å². The summed E-state index contributed by atoms with van der Waals surface area (Å²) in [7, 11) is 6.37. The van der Waals surface area contributed by atoms with Crippen LogP contribution in [0.1, 0.15) is 25.7 Å². The minimum absolute atomic E-state index is 0.0546. The number of hydrogen-bond donors (Lipinski definition) is 4. The number of rotatable bonds is 15. The molecule has 0 heterocycles. The van der Waals surface area contributed by atoms with Crippen LogP contribution >= 0.6 is 0 Å². The molecule has 0 aliphatic carbocycles. The first-order valence-electron chi connectivity index (χ1n) is 9.63. The van der Waals surface area contributed by atoms with Gasteiger partial charge in [0.2, 0.25) is 23.6 Å². The van der Waals surface area contributed by atoms with E-state index in [1.54, 1.807) is 28.2 Å². The zero-order valence-electron chi connectivity index (χ0n) is 17.6. The van der Waals surface area contributed by atoms with Crippen LogP contribution in [0.2, 0.25) is 0 Å². The third-order valence-electron chi connectivity index (χ3n) is 4.47. The molecule has 0 aliphatic rings. The van der Waals surface area contributed by atoms with Crippen LogP contribution in [0.4, 0.5) is 0 Å². The highest BCUT2D eigenvalue weighted by atomic mass is 16.2. The molecule has 0 rings (SSSR count). The van der Waals surface area contributed by atoms with Crippen LogP contribution in [0.3, 0.4) is 0 Å². The molecule has 10 nitrogen and oxygen atoms in total. The molecular formula is C18H36N6O4. The lowest BCUT2D eigenvalue weighted by Gasteiger charge is -2.27. The molecule has 0 aromatic carbocycles. The van der Waals surface area contributed by atoms with E-state index in [1.165, 1.54) is 0 Å². The summed E-state index contributed by atoms with van der Waals surface area (Å²) < 4.78 is 0. The minimum atomic E-state index is -0.0546. The van der Waals surface area contributed by atoms with Crippen molar-refractivity contribution in [2.24, 2.45) is 0 Å². The van der Waals surface area contributed by atoms with Gasteiger partial charge in [0.1, 0.15) is 0 Å². The highest BCUT2D eigenvalue weighted by molar-refractivity contribution is 5.77. The minimum Gasteiger partial charge on any atom is -0.359 e. The van der Waals surface area contributed by atoms with Gasteiger partial charge in [-0.05, 0) is 0 Å². The lowest BCUT2D eigenvalue weighted by molar-refractivity contribution is -0.122. The Labute approximate surface area is 167 Å². The van der Waals surface area contributed by atoms with Gasteiger partial charge in [0.15, 0.2) is 0 Å². The molecule has 0 saturated heterocycles. The van der Waals surface area contributed by atoms with Crippen molar-refractivity contribution in [1.82, 2.24) is 31.1 Å². The Balaban J connectivity index is 4.75.